The number of benzene rings is 1. The van der Waals surface area contributed by atoms with E-state index >= 15 is 0 Å². The normalized spacial score (nSPS) is 22.0. The van der Waals surface area contributed by atoms with E-state index in [4.69, 9.17) is 4.74 Å². The Balaban J connectivity index is 1.75. The minimum Gasteiger partial charge on any atom is -0.466 e. The third kappa shape index (κ3) is 4.81. The number of nitrogens with one attached hydrogen (secondary N) is 1. The van der Waals surface area contributed by atoms with Gasteiger partial charge in [-0.15, -0.1) is 0 Å². The number of esters is 1. The van der Waals surface area contributed by atoms with Crippen LogP contribution in [0.3, 0.4) is 0 Å². The maximum absolute atomic E-state index is 13.5. The fraction of sp³-hybridized carbons (Fsp3) is 0.588. The molecule has 21 heavy (non-hydrogen) atoms. The Bertz CT molecular complexity index is 464. The molecule has 0 aromatic heterocycles. The molecule has 0 radical (unpaired) electrons. The zero-order valence-corrected chi connectivity index (χ0v) is 12.6. The first-order valence-electron chi connectivity index (χ1n) is 7.84. The molecular formula is C17H24FNO2. The molecular weight excluding hydrogens is 269 g/mol. The van der Waals surface area contributed by atoms with Crippen LogP contribution < -0.4 is 5.32 Å². The molecule has 2 rings (SSSR count). The van der Waals surface area contributed by atoms with Crippen LogP contribution in [0, 0.1) is 11.7 Å². The van der Waals surface area contributed by atoms with Crippen LogP contribution in [0.2, 0.25) is 0 Å². The molecule has 0 bridgehead atoms. The van der Waals surface area contributed by atoms with Crippen LogP contribution in [0.4, 0.5) is 4.39 Å². The van der Waals surface area contributed by atoms with E-state index < -0.39 is 0 Å². The molecule has 0 amide bonds. The SMILES string of the molecule is CCOC(=O)C1CCCC(NCCc2ccccc2F)C1. The van der Waals surface area contributed by atoms with E-state index in [1.807, 2.05) is 19.1 Å². The van der Waals surface area contributed by atoms with Gasteiger partial charge in [0.15, 0.2) is 0 Å². The van der Waals surface area contributed by atoms with Gasteiger partial charge in [-0.2, -0.15) is 0 Å². The van der Waals surface area contributed by atoms with Crippen molar-refractivity contribution in [2.75, 3.05) is 13.2 Å². The summed E-state index contributed by atoms with van der Waals surface area (Å²) in [6.45, 7) is 3.02. The molecule has 2 atom stereocenters. The molecule has 2 unspecified atom stereocenters. The van der Waals surface area contributed by atoms with Crippen molar-refractivity contribution >= 4 is 5.97 Å². The topological polar surface area (TPSA) is 38.3 Å². The monoisotopic (exact) mass is 293 g/mol. The van der Waals surface area contributed by atoms with Crippen molar-refractivity contribution in [3.05, 3.63) is 35.6 Å². The molecule has 0 aliphatic heterocycles. The van der Waals surface area contributed by atoms with Gasteiger partial charge in [0.1, 0.15) is 5.82 Å². The summed E-state index contributed by atoms with van der Waals surface area (Å²) >= 11 is 0. The van der Waals surface area contributed by atoms with Crippen molar-refractivity contribution in [1.29, 1.82) is 0 Å². The summed E-state index contributed by atoms with van der Waals surface area (Å²) in [5.41, 5.74) is 0.739. The molecule has 1 fully saturated rings. The maximum atomic E-state index is 13.5. The predicted molar refractivity (Wildman–Crippen MR) is 80.5 cm³/mol. The average Bonchev–Trinajstić information content (AvgIpc) is 2.50. The first kappa shape index (κ1) is 16.0. The summed E-state index contributed by atoms with van der Waals surface area (Å²) in [5.74, 6) is -0.199. The highest BCUT2D eigenvalue weighted by atomic mass is 19.1. The molecule has 1 saturated carbocycles. The van der Waals surface area contributed by atoms with Crippen LogP contribution in [0.1, 0.15) is 38.2 Å². The standard InChI is InChI=1S/C17H24FNO2/c1-2-21-17(20)14-7-5-8-15(12-14)19-11-10-13-6-3-4-9-16(13)18/h3-4,6,9,14-15,19H,2,5,7-8,10-12H2,1H3. The maximum Gasteiger partial charge on any atom is 0.308 e. The summed E-state index contributed by atoms with van der Waals surface area (Å²) in [6, 6.07) is 7.21. The van der Waals surface area contributed by atoms with Gasteiger partial charge >= 0.3 is 5.97 Å². The van der Waals surface area contributed by atoms with Crippen LogP contribution in [-0.4, -0.2) is 25.2 Å². The van der Waals surface area contributed by atoms with Gasteiger partial charge in [-0.05, 0) is 50.8 Å². The smallest absolute Gasteiger partial charge is 0.308 e. The van der Waals surface area contributed by atoms with E-state index in [1.54, 1.807) is 6.07 Å². The van der Waals surface area contributed by atoms with Gasteiger partial charge < -0.3 is 10.1 Å². The fourth-order valence-corrected chi connectivity index (χ4v) is 2.96. The number of ether oxygens (including phenoxy) is 1. The number of halogens is 1. The highest BCUT2D eigenvalue weighted by Crippen LogP contribution is 2.25. The van der Waals surface area contributed by atoms with Crippen molar-refractivity contribution in [2.45, 2.75) is 45.1 Å². The average molecular weight is 293 g/mol. The van der Waals surface area contributed by atoms with E-state index in [0.29, 0.717) is 19.1 Å². The molecule has 0 spiro atoms. The second-order valence-electron chi connectivity index (χ2n) is 5.61. The number of carbonyl (C=O) groups excluding carboxylic acids is 1. The zero-order valence-electron chi connectivity index (χ0n) is 12.6. The lowest BCUT2D eigenvalue weighted by molar-refractivity contribution is -0.149. The second kappa shape index (κ2) is 8.13. The molecule has 3 nitrogen and oxygen atoms in total. The molecule has 0 heterocycles. The van der Waals surface area contributed by atoms with Crippen molar-refractivity contribution in [2.24, 2.45) is 5.92 Å². The molecule has 1 aliphatic carbocycles. The lowest BCUT2D eigenvalue weighted by atomic mass is 9.85. The van der Waals surface area contributed by atoms with Crippen LogP contribution in [-0.2, 0) is 16.0 Å². The van der Waals surface area contributed by atoms with Crippen LogP contribution >= 0.6 is 0 Å². The predicted octanol–water partition coefficient (Wildman–Crippen LogP) is 3.08. The van der Waals surface area contributed by atoms with Gasteiger partial charge in [0, 0.05) is 6.04 Å². The first-order valence-corrected chi connectivity index (χ1v) is 7.84. The summed E-state index contributed by atoms with van der Waals surface area (Å²) < 4.78 is 18.6. The Morgan fingerprint density at radius 2 is 2.19 bits per heavy atom. The zero-order chi connectivity index (χ0) is 15.1. The van der Waals surface area contributed by atoms with Crippen LogP contribution in [0.5, 0.6) is 0 Å². The Hall–Kier alpha value is -1.42. The Morgan fingerprint density at radius 1 is 1.38 bits per heavy atom. The second-order valence-corrected chi connectivity index (χ2v) is 5.61. The molecule has 1 N–H and O–H groups in total. The van der Waals surface area contributed by atoms with E-state index in [1.165, 1.54) is 6.07 Å². The summed E-state index contributed by atoms with van der Waals surface area (Å²) in [4.78, 5) is 11.8. The van der Waals surface area contributed by atoms with Gasteiger partial charge in [0.2, 0.25) is 0 Å². The Morgan fingerprint density at radius 3 is 2.95 bits per heavy atom. The molecule has 1 aliphatic rings. The van der Waals surface area contributed by atoms with E-state index in [9.17, 15) is 9.18 Å². The Labute approximate surface area is 125 Å². The molecule has 0 saturated heterocycles. The van der Waals surface area contributed by atoms with Gasteiger partial charge in [0.25, 0.3) is 0 Å². The fourth-order valence-electron chi connectivity index (χ4n) is 2.96. The number of hydrogen-bond acceptors (Lipinski definition) is 3. The van der Waals surface area contributed by atoms with E-state index in [0.717, 1.165) is 37.8 Å². The third-order valence-corrected chi connectivity index (χ3v) is 4.08. The number of carbonyl (C=O) groups is 1. The lowest BCUT2D eigenvalue weighted by Gasteiger charge is -2.28. The molecule has 4 heteroatoms. The van der Waals surface area contributed by atoms with Gasteiger partial charge in [0.05, 0.1) is 12.5 Å². The largest absolute Gasteiger partial charge is 0.466 e. The molecule has 116 valence electrons. The first-order chi connectivity index (χ1) is 10.2. The van der Waals surface area contributed by atoms with E-state index in [-0.39, 0.29) is 17.7 Å². The minimum absolute atomic E-state index is 0.0182. The van der Waals surface area contributed by atoms with Crippen LogP contribution in [0.25, 0.3) is 0 Å². The van der Waals surface area contributed by atoms with Crippen molar-refractivity contribution in [1.82, 2.24) is 5.32 Å². The van der Waals surface area contributed by atoms with Gasteiger partial charge in [-0.25, -0.2) is 4.39 Å². The van der Waals surface area contributed by atoms with Gasteiger partial charge in [-0.1, -0.05) is 24.6 Å². The van der Waals surface area contributed by atoms with Crippen molar-refractivity contribution in [3.63, 3.8) is 0 Å². The highest BCUT2D eigenvalue weighted by Gasteiger charge is 2.27. The number of hydrogen-bond donors (Lipinski definition) is 1. The third-order valence-electron chi connectivity index (χ3n) is 4.08. The van der Waals surface area contributed by atoms with Crippen molar-refractivity contribution < 1.29 is 13.9 Å². The number of rotatable bonds is 6. The Kier molecular flexibility index (Phi) is 6.18. The lowest BCUT2D eigenvalue weighted by Crippen LogP contribution is -2.38. The minimum atomic E-state index is -0.146. The summed E-state index contributed by atoms with van der Waals surface area (Å²) in [7, 11) is 0. The van der Waals surface area contributed by atoms with Gasteiger partial charge in [-0.3, -0.25) is 4.79 Å². The van der Waals surface area contributed by atoms with Crippen LogP contribution in [0.15, 0.2) is 24.3 Å². The van der Waals surface area contributed by atoms with E-state index in [2.05, 4.69) is 5.32 Å². The van der Waals surface area contributed by atoms with Crippen molar-refractivity contribution in [3.8, 4) is 0 Å². The highest BCUT2D eigenvalue weighted by molar-refractivity contribution is 5.72. The molecule has 1 aromatic rings. The quantitative estimate of drug-likeness (QED) is 0.819. The summed E-state index contributed by atoms with van der Waals surface area (Å²) in [6.07, 6.45) is 4.54. The molecule has 1 aromatic carbocycles. The summed E-state index contributed by atoms with van der Waals surface area (Å²) in [5, 5.41) is 3.45.